The topological polar surface area (TPSA) is 36.4 Å². The van der Waals surface area contributed by atoms with Gasteiger partial charge >= 0.3 is 0 Å². The SMILES string of the molecule is CCN1CCN(c2nc(-c3ccc(S(C)=O)cc3)cc3ccsc23)CC1. The Balaban J connectivity index is 1.72. The number of benzene rings is 1. The molecule has 1 fully saturated rings. The molecule has 0 radical (unpaired) electrons. The lowest BCUT2D eigenvalue weighted by Gasteiger charge is -2.35. The molecule has 26 heavy (non-hydrogen) atoms. The minimum absolute atomic E-state index is 0.848. The number of likely N-dealkylation sites (N-methyl/N-ethyl adjacent to an activating group) is 1. The third kappa shape index (κ3) is 3.41. The molecule has 1 aliphatic rings. The van der Waals surface area contributed by atoms with Gasteiger partial charge in [-0.3, -0.25) is 4.21 Å². The Morgan fingerprint density at radius 1 is 1.12 bits per heavy atom. The van der Waals surface area contributed by atoms with E-state index in [1.165, 1.54) is 10.1 Å². The molecule has 0 amide bonds. The van der Waals surface area contributed by atoms with Gasteiger partial charge in [0.25, 0.3) is 0 Å². The maximum Gasteiger partial charge on any atom is 0.147 e. The van der Waals surface area contributed by atoms with Crippen LogP contribution in [-0.4, -0.2) is 53.1 Å². The highest BCUT2D eigenvalue weighted by Gasteiger charge is 2.20. The van der Waals surface area contributed by atoms with Gasteiger partial charge in [-0.1, -0.05) is 19.1 Å². The molecule has 1 aromatic carbocycles. The average molecular weight is 386 g/mol. The van der Waals surface area contributed by atoms with Crippen LogP contribution in [0.1, 0.15) is 6.92 Å². The van der Waals surface area contributed by atoms with E-state index in [0.717, 1.165) is 54.7 Å². The lowest BCUT2D eigenvalue weighted by molar-refractivity contribution is 0.271. The summed E-state index contributed by atoms with van der Waals surface area (Å²) in [4.78, 5) is 10.8. The van der Waals surface area contributed by atoms with Crippen LogP contribution in [0.15, 0.2) is 46.7 Å². The third-order valence-electron chi connectivity index (χ3n) is 5.02. The van der Waals surface area contributed by atoms with Crippen LogP contribution in [0.4, 0.5) is 5.82 Å². The van der Waals surface area contributed by atoms with Crippen molar-refractivity contribution in [2.24, 2.45) is 0 Å². The molecule has 0 saturated carbocycles. The number of aromatic nitrogens is 1. The van der Waals surface area contributed by atoms with E-state index in [2.05, 4.69) is 34.2 Å². The number of fused-ring (bicyclic) bond motifs is 1. The largest absolute Gasteiger partial charge is 0.353 e. The summed E-state index contributed by atoms with van der Waals surface area (Å²) in [5.41, 5.74) is 2.05. The number of thiophene rings is 1. The molecule has 1 unspecified atom stereocenters. The Morgan fingerprint density at radius 2 is 1.85 bits per heavy atom. The molecule has 0 N–H and O–H groups in total. The van der Waals surface area contributed by atoms with Crippen LogP contribution >= 0.6 is 11.3 Å². The molecule has 6 heteroatoms. The molecule has 3 aromatic rings. The maximum atomic E-state index is 11.6. The van der Waals surface area contributed by atoms with Crippen molar-refractivity contribution in [2.75, 3.05) is 43.9 Å². The zero-order valence-corrected chi connectivity index (χ0v) is 16.8. The van der Waals surface area contributed by atoms with E-state index in [9.17, 15) is 4.21 Å². The van der Waals surface area contributed by atoms with Gasteiger partial charge in [-0.15, -0.1) is 11.3 Å². The number of anilines is 1. The highest BCUT2D eigenvalue weighted by molar-refractivity contribution is 7.84. The first kappa shape index (κ1) is 17.6. The van der Waals surface area contributed by atoms with Gasteiger partial charge in [0.15, 0.2) is 0 Å². The second-order valence-electron chi connectivity index (χ2n) is 6.57. The summed E-state index contributed by atoms with van der Waals surface area (Å²) in [6.07, 6.45) is 1.71. The summed E-state index contributed by atoms with van der Waals surface area (Å²) in [5, 5.41) is 3.39. The second kappa shape index (κ2) is 7.47. The molecular weight excluding hydrogens is 362 g/mol. The molecule has 1 atom stereocenters. The number of pyridine rings is 1. The van der Waals surface area contributed by atoms with Crippen LogP contribution in [0.3, 0.4) is 0 Å². The number of hydrogen-bond donors (Lipinski definition) is 0. The molecule has 3 heterocycles. The zero-order valence-electron chi connectivity index (χ0n) is 15.1. The Kier molecular flexibility index (Phi) is 5.07. The summed E-state index contributed by atoms with van der Waals surface area (Å²) in [5.74, 6) is 1.10. The Morgan fingerprint density at radius 3 is 2.50 bits per heavy atom. The van der Waals surface area contributed by atoms with Crippen LogP contribution in [0.25, 0.3) is 21.3 Å². The minimum atomic E-state index is -0.954. The molecule has 4 rings (SSSR count). The van der Waals surface area contributed by atoms with Crippen molar-refractivity contribution in [2.45, 2.75) is 11.8 Å². The summed E-state index contributed by atoms with van der Waals surface area (Å²) < 4.78 is 12.9. The summed E-state index contributed by atoms with van der Waals surface area (Å²) in [7, 11) is -0.954. The number of rotatable bonds is 4. The molecule has 2 aromatic heterocycles. The fourth-order valence-electron chi connectivity index (χ4n) is 3.41. The lowest BCUT2D eigenvalue weighted by Crippen LogP contribution is -2.46. The first-order valence-electron chi connectivity index (χ1n) is 8.95. The summed E-state index contributed by atoms with van der Waals surface area (Å²) in [6, 6.07) is 12.3. The molecule has 136 valence electrons. The van der Waals surface area contributed by atoms with Crippen molar-refractivity contribution in [3.05, 3.63) is 41.8 Å². The van der Waals surface area contributed by atoms with Crippen LogP contribution in [0.2, 0.25) is 0 Å². The minimum Gasteiger partial charge on any atom is -0.353 e. The van der Waals surface area contributed by atoms with Gasteiger partial charge in [-0.2, -0.15) is 0 Å². The number of nitrogens with zero attached hydrogens (tertiary/aromatic N) is 3. The van der Waals surface area contributed by atoms with E-state index >= 15 is 0 Å². The summed E-state index contributed by atoms with van der Waals surface area (Å²) >= 11 is 1.77. The van der Waals surface area contributed by atoms with Crippen molar-refractivity contribution in [1.29, 1.82) is 0 Å². The number of hydrogen-bond acceptors (Lipinski definition) is 5. The van der Waals surface area contributed by atoms with E-state index in [-0.39, 0.29) is 0 Å². The van der Waals surface area contributed by atoms with E-state index in [1.54, 1.807) is 17.6 Å². The van der Waals surface area contributed by atoms with Crippen LogP contribution in [-0.2, 0) is 10.8 Å². The lowest BCUT2D eigenvalue weighted by atomic mass is 10.1. The van der Waals surface area contributed by atoms with Crippen molar-refractivity contribution >= 4 is 38.0 Å². The fourth-order valence-corrected chi connectivity index (χ4v) is 4.83. The van der Waals surface area contributed by atoms with Crippen LogP contribution in [0, 0.1) is 0 Å². The van der Waals surface area contributed by atoms with Gasteiger partial charge in [-0.05, 0) is 41.6 Å². The Hall–Kier alpha value is -1.76. The van der Waals surface area contributed by atoms with Gasteiger partial charge in [0.2, 0.25) is 0 Å². The fraction of sp³-hybridized carbons (Fsp3) is 0.350. The molecule has 1 saturated heterocycles. The quantitative estimate of drug-likeness (QED) is 0.684. The van der Waals surface area contributed by atoms with Crippen molar-refractivity contribution in [3.63, 3.8) is 0 Å². The Labute approximate surface area is 160 Å². The molecule has 0 bridgehead atoms. The molecule has 4 nitrogen and oxygen atoms in total. The van der Waals surface area contributed by atoms with E-state index in [0.29, 0.717) is 0 Å². The normalized spacial score (nSPS) is 16.9. The first-order valence-corrected chi connectivity index (χ1v) is 11.4. The van der Waals surface area contributed by atoms with Crippen LogP contribution in [0.5, 0.6) is 0 Å². The standard InChI is InChI=1S/C20H23N3OS2/c1-3-22-9-11-23(12-10-22)20-19-16(8-13-25-19)14-18(21-20)15-4-6-17(7-5-15)26(2)24/h4-8,13-14H,3,9-12H2,1-2H3. The van der Waals surface area contributed by atoms with Crippen molar-refractivity contribution in [3.8, 4) is 11.3 Å². The van der Waals surface area contributed by atoms with Crippen LogP contribution < -0.4 is 4.90 Å². The van der Waals surface area contributed by atoms with Gasteiger partial charge in [-0.25, -0.2) is 4.98 Å². The first-order chi connectivity index (χ1) is 12.7. The van der Waals surface area contributed by atoms with E-state index in [4.69, 9.17) is 4.98 Å². The highest BCUT2D eigenvalue weighted by Crippen LogP contribution is 2.34. The zero-order chi connectivity index (χ0) is 18.1. The third-order valence-corrected chi connectivity index (χ3v) is 6.88. The summed E-state index contributed by atoms with van der Waals surface area (Å²) in [6.45, 7) is 7.55. The average Bonchev–Trinajstić information content (AvgIpc) is 3.16. The predicted octanol–water partition coefficient (Wildman–Crippen LogP) is 3.84. The smallest absolute Gasteiger partial charge is 0.147 e. The van der Waals surface area contributed by atoms with Gasteiger partial charge in [0.1, 0.15) is 5.82 Å². The van der Waals surface area contributed by atoms with E-state index in [1.807, 2.05) is 24.3 Å². The van der Waals surface area contributed by atoms with Gasteiger partial charge < -0.3 is 9.80 Å². The van der Waals surface area contributed by atoms with Crippen molar-refractivity contribution < 1.29 is 4.21 Å². The monoisotopic (exact) mass is 385 g/mol. The molecule has 1 aliphatic heterocycles. The second-order valence-corrected chi connectivity index (χ2v) is 8.87. The van der Waals surface area contributed by atoms with E-state index < -0.39 is 10.8 Å². The van der Waals surface area contributed by atoms with Gasteiger partial charge in [0, 0.05) is 53.7 Å². The molecule has 0 spiro atoms. The predicted molar refractivity (Wildman–Crippen MR) is 112 cm³/mol. The number of piperazine rings is 1. The highest BCUT2D eigenvalue weighted by atomic mass is 32.2. The maximum absolute atomic E-state index is 11.6. The van der Waals surface area contributed by atoms with Gasteiger partial charge in [0.05, 0.1) is 10.4 Å². The Bertz CT molecular complexity index is 928. The molecular formula is C20H23N3OS2. The van der Waals surface area contributed by atoms with Crippen molar-refractivity contribution in [1.82, 2.24) is 9.88 Å². The molecule has 0 aliphatic carbocycles.